The van der Waals surface area contributed by atoms with Crippen molar-refractivity contribution in [1.29, 1.82) is 0 Å². The summed E-state index contributed by atoms with van der Waals surface area (Å²) >= 11 is 0. The first-order chi connectivity index (χ1) is 10.5. The van der Waals surface area contributed by atoms with E-state index in [1.807, 2.05) is 4.90 Å². The zero-order valence-corrected chi connectivity index (χ0v) is 13.3. The van der Waals surface area contributed by atoms with Crippen molar-refractivity contribution in [2.24, 2.45) is 0 Å². The molecule has 0 saturated carbocycles. The molecule has 1 aliphatic rings. The number of carbonyl (C=O) groups excluding carboxylic acids is 1. The molecule has 1 saturated heterocycles. The summed E-state index contributed by atoms with van der Waals surface area (Å²) in [7, 11) is 0. The number of alkyl carbamates (subject to hydrolysis) is 1. The van der Waals surface area contributed by atoms with Crippen LogP contribution in [0.2, 0.25) is 0 Å². The zero-order valence-electron chi connectivity index (χ0n) is 13.3. The fraction of sp³-hybridized carbons (Fsp3) is 0.600. The van der Waals surface area contributed by atoms with Gasteiger partial charge in [0.15, 0.2) is 0 Å². The van der Waals surface area contributed by atoms with Gasteiger partial charge in [-0.15, -0.1) is 0 Å². The molecule has 128 valence electrons. The highest BCUT2D eigenvalue weighted by Gasteiger charge is 2.32. The standard InChI is InChI=1S/C15H20F3N3O2/c1-14(2,3)23-13(22)20-11-6-7-21(9-11)12-5-4-10(8-19-12)15(16,17)18/h4-5,8,11H,6-7,9H2,1-3H3,(H,20,22)/t11-/m0/s1. The van der Waals surface area contributed by atoms with Crippen molar-refractivity contribution in [1.82, 2.24) is 10.3 Å². The molecule has 23 heavy (non-hydrogen) atoms. The van der Waals surface area contributed by atoms with E-state index in [4.69, 9.17) is 4.74 Å². The van der Waals surface area contributed by atoms with Crippen molar-refractivity contribution in [3.63, 3.8) is 0 Å². The van der Waals surface area contributed by atoms with Crippen molar-refractivity contribution >= 4 is 11.9 Å². The lowest BCUT2D eigenvalue weighted by atomic mass is 10.2. The van der Waals surface area contributed by atoms with Crippen molar-refractivity contribution in [2.75, 3.05) is 18.0 Å². The van der Waals surface area contributed by atoms with Gasteiger partial charge in [-0.25, -0.2) is 9.78 Å². The van der Waals surface area contributed by atoms with Gasteiger partial charge in [-0.1, -0.05) is 0 Å². The second-order valence-electron chi connectivity index (χ2n) is 6.48. The number of anilines is 1. The molecule has 1 N–H and O–H groups in total. The Bertz CT molecular complexity index is 553. The number of carbonyl (C=O) groups is 1. The average molecular weight is 331 g/mol. The number of pyridine rings is 1. The SMILES string of the molecule is CC(C)(C)OC(=O)N[C@H]1CCN(c2ccc(C(F)(F)F)cn2)C1. The quantitative estimate of drug-likeness (QED) is 0.904. The second-order valence-corrected chi connectivity index (χ2v) is 6.48. The highest BCUT2D eigenvalue weighted by atomic mass is 19.4. The number of hydrogen-bond acceptors (Lipinski definition) is 4. The summed E-state index contributed by atoms with van der Waals surface area (Å²) in [6.45, 7) is 6.43. The molecule has 1 aromatic heterocycles. The van der Waals surface area contributed by atoms with Gasteiger partial charge in [0.05, 0.1) is 11.6 Å². The molecular formula is C15H20F3N3O2. The Morgan fingerprint density at radius 2 is 2.04 bits per heavy atom. The van der Waals surface area contributed by atoms with Gasteiger partial charge in [-0.3, -0.25) is 0 Å². The summed E-state index contributed by atoms with van der Waals surface area (Å²) in [5, 5.41) is 2.76. The van der Waals surface area contributed by atoms with E-state index < -0.39 is 23.4 Å². The lowest BCUT2D eigenvalue weighted by Gasteiger charge is -2.22. The number of aromatic nitrogens is 1. The van der Waals surface area contributed by atoms with E-state index in [0.29, 0.717) is 25.3 Å². The molecule has 1 fully saturated rings. The minimum Gasteiger partial charge on any atom is -0.444 e. The van der Waals surface area contributed by atoms with Crippen LogP contribution in [0.25, 0.3) is 0 Å². The summed E-state index contributed by atoms with van der Waals surface area (Å²) < 4.78 is 42.8. The largest absolute Gasteiger partial charge is 0.444 e. The lowest BCUT2D eigenvalue weighted by Crippen LogP contribution is -2.40. The third-order valence-electron chi connectivity index (χ3n) is 3.31. The van der Waals surface area contributed by atoms with Gasteiger partial charge in [-0.05, 0) is 39.3 Å². The van der Waals surface area contributed by atoms with Crippen molar-refractivity contribution in [3.05, 3.63) is 23.9 Å². The fourth-order valence-corrected chi connectivity index (χ4v) is 2.30. The number of halogens is 3. The van der Waals surface area contributed by atoms with Gasteiger partial charge in [0.2, 0.25) is 0 Å². The molecule has 1 amide bonds. The zero-order chi connectivity index (χ0) is 17.3. The fourth-order valence-electron chi connectivity index (χ4n) is 2.30. The molecule has 8 heteroatoms. The Hall–Kier alpha value is -1.99. The molecule has 1 atom stereocenters. The van der Waals surface area contributed by atoms with E-state index in [9.17, 15) is 18.0 Å². The Morgan fingerprint density at radius 1 is 1.35 bits per heavy atom. The van der Waals surface area contributed by atoms with Crippen molar-refractivity contribution < 1.29 is 22.7 Å². The highest BCUT2D eigenvalue weighted by Crippen LogP contribution is 2.29. The number of ether oxygens (including phenoxy) is 1. The van der Waals surface area contributed by atoms with E-state index in [1.165, 1.54) is 6.07 Å². The second kappa shape index (κ2) is 6.25. The van der Waals surface area contributed by atoms with E-state index in [0.717, 1.165) is 12.3 Å². The Balaban J connectivity index is 1.91. The first kappa shape index (κ1) is 17.4. The number of nitrogens with zero attached hydrogens (tertiary/aromatic N) is 2. The maximum absolute atomic E-state index is 12.5. The molecule has 0 unspecified atom stereocenters. The van der Waals surface area contributed by atoms with Gasteiger partial charge in [0, 0.05) is 19.3 Å². The van der Waals surface area contributed by atoms with Crippen molar-refractivity contribution in [3.8, 4) is 0 Å². The Morgan fingerprint density at radius 3 is 2.57 bits per heavy atom. The summed E-state index contributed by atoms with van der Waals surface area (Å²) in [6, 6.07) is 2.24. The molecule has 0 aliphatic carbocycles. The van der Waals surface area contributed by atoms with Crippen LogP contribution in [-0.4, -0.2) is 35.8 Å². The average Bonchev–Trinajstić information content (AvgIpc) is 2.84. The molecular weight excluding hydrogens is 311 g/mol. The first-order valence-corrected chi connectivity index (χ1v) is 7.32. The number of rotatable bonds is 2. The number of alkyl halides is 3. The molecule has 0 aromatic carbocycles. The molecule has 0 spiro atoms. The van der Waals surface area contributed by atoms with E-state index >= 15 is 0 Å². The smallest absolute Gasteiger partial charge is 0.417 e. The number of nitrogens with one attached hydrogen (secondary N) is 1. The lowest BCUT2D eigenvalue weighted by molar-refractivity contribution is -0.137. The summed E-state index contributed by atoms with van der Waals surface area (Å²) in [6.07, 6.45) is -3.38. The predicted octanol–water partition coefficient (Wildman–Crippen LogP) is 3.20. The third-order valence-corrected chi connectivity index (χ3v) is 3.31. The van der Waals surface area contributed by atoms with Crippen molar-refractivity contribution in [2.45, 2.75) is 45.0 Å². The third kappa shape index (κ3) is 5.01. The summed E-state index contributed by atoms with van der Waals surface area (Å²) in [5.74, 6) is 0.464. The van der Waals surface area contributed by atoms with Crippen LogP contribution in [0.5, 0.6) is 0 Å². The van der Waals surface area contributed by atoms with Crippen LogP contribution in [0.15, 0.2) is 18.3 Å². The predicted molar refractivity (Wildman–Crippen MR) is 79.2 cm³/mol. The molecule has 5 nitrogen and oxygen atoms in total. The number of hydrogen-bond donors (Lipinski definition) is 1. The normalized spacial score (nSPS) is 18.9. The van der Waals surface area contributed by atoms with Gasteiger partial charge in [0.25, 0.3) is 0 Å². The minimum atomic E-state index is -4.39. The van der Waals surface area contributed by atoms with Gasteiger partial charge in [0.1, 0.15) is 11.4 Å². The molecule has 1 aliphatic heterocycles. The van der Waals surface area contributed by atoms with Crippen LogP contribution in [0.1, 0.15) is 32.8 Å². The minimum absolute atomic E-state index is 0.117. The van der Waals surface area contributed by atoms with Crippen LogP contribution < -0.4 is 10.2 Å². The Kier molecular flexibility index (Phi) is 4.72. The molecule has 1 aromatic rings. The van der Waals surface area contributed by atoms with Crippen LogP contribution in [-0.2, 0) is 10.9 Å². The molecule has 0 bridgehead atoms. The summed E-state index contributed by atoms with van der Waals surface area (Å²) in [5.41, 5.74) is -1.35. The van der Waals surface area contributed by atoms with Crippen LogP contribution in [0.3, 0.4) is 0 Å². The first-order valence-electron chi connectivity index (χ1n) is 7.32. The van der Waals surface area contributed by atoms with Gasteiger partial charge < -0.3 is 15.0 Å². The topological polar surface area (TPSA) is 54.5 Å². The highest BCUT2D eigenvalue weighted by molar-refractivity contribution is 5.68. The van der Waals surface area contributed by atoms with E-state index in [2.05, 4.69) is 10.3 Å². The van der Waals surface area contributed by atoms with Crippen LogP contribution in [0, 0.1) is 0 Å². The maximum Gasteiger partial charge on any atom is 0.417 e. The molecule has 0 radical (unpaired) electrons. The van der Waals surface area contributed by atoms with E-state index in [-0.39, 0.29) is 6.04 Å². The number of amides is 1. The monoisotopic (exact) mass is 331 g/mol. The Labute approximate surface area is 132 Å². The molecule has 2 rings (SSSR count). The molecule has 2 heterocycles. The van der Waals surface area contributed by atoms with Gasteiger partial charge in [-0.2, -0.15) is 13.2 Å². The van der Waals surface area contributed by atoms with Crippen LogP contribution in [0.4, 0.5) is 23.8 Å². The van der Waals surface area contributed by atoms with Crippen LogP contribution >= 0.6 is 0 Å². The van der Waals surface area contributed by atoms with E-state index in [1.54, 1.807) is 20.8 Å². The summed E-state index contributed by atoms with van der Waals surface area (Å²) in [4.78, 5) is 17.4. The van der Waals surface area contributed by atoms with Gasteiger partial charge >= 0.3 is 12.3 Å². The maximum atomic E-state index is 12.5.